The largest absolute Gasteiger partial charge is 0.452 e. The van der Waals surface area contributed by atoms with E-state index in [1.165, 1.54) is 31.2 Å². The van der Waals surface area contributed by atoms with Gasteiger partial charge in [0.05, 0.1) is 0 Å². The van der Waals surface area contributed by atoms with Gasteiger partial charge in [-0.3, -0.25) is 9.52 Å². The molecular formula is C16H12F3N3O5S. The topological polar surface area (TPSA) is 114 Å². The van der Waals surface area contributed by atoms with Gasteiger partial charge >= 0.3 is 6.18 Å². The van der Waals surface area contributed by atoms with E-state index in [1.807, 2.05) is 0 Å². The van der Waals surface area contributed by atoms with Crippen LogP contribution < -0.4 is 10.0 Å². The number of benzene rings is 1. The summed E-state index contributed by atoms with van der Waals surface area (Å²) in [5, 5.41) is 5.23. The molecule has 0 spiro atoms. The molecule has 0 saturated heterocycles. The molecule has 1 amide bonds. The average Bonchev–Trinajstić information content (AvgIpc) is 3.25. The van der Waals surface area contributed by atoms with Crippen LogP contribution >= 0.6 is 0 Å². The Morgan fingerprint density at radius 2 is 1.71 bits per heavy atom. The zero-order chi connectivity index (χ0) is 20.5. The Hall–Kier alpha value is -3.28. The summed E-state index contributed by atoms with van der Waals surface area (Å²) in [6.07, 6.45) is -4.72. The first-order chi connectivity index (χ1) is 13.0. The van der Waals surface area contributed by atoms with E-state index < -0.39 is 27.1 Å². The maximum absolute atomic E-state index is 12.6. The summed E-state index contributed by atoms with van der Waals surface area (Å²) >= 11 is 0. The van der Waals surface area contributed by atoms with Crippen LogP contribution in [0.3, 0.4) is 0 Å². The van der Waals surface area contributed by atoms with Gasteiger partial charge in [0.1, 0.15) is 5.69 Å². The van der Waals surface area contributed by atoms with Crippen LogP contribution in [0.15, 0.2) is 56.5 Å². The molecule has 8 nitrogen and oxygen atoms in total. The third kappa shape index (κ3) is 4.34. The lowest BCUT2D eigenvalue weighted by molar-refractivity contribution is -0.155. The van der Waals surface area contributed by atoms with Crippen molar-refractivity contribution >= 4 is 27.3 Å². The van der Waals surface area contributed by atoms with E-state index >= 15 is 0 Å². The number of carbonyl (C=O) groups excluding carboxylic acids is 1. The molecule has 1 aromatic carbocycles. The van der Waals surface area contributed by atoms with Crippen LogP contribution in [0.5, 0.6) is 0 Å². The van der Waals surface area contributed by atoms with Gasteiger partial charge in [0, 0.05) is 24.4 Å². The molecule has 3 aromatic rings. The Labute approximate surface area is 156 Å². The molecule has 3 rings (SSSR count). The molecule has 0 aliphatic carbocycles. The molecule has 0 saturated carbocycles. The second-order valence-electron chi connectivity index (χ2n) is 5.56. The Morgan fingerprint density at radius 3 is 2.29 bits per heavy atom. The van der Waals surface area contributed by atoms with Gasteiger partial charge in [-0.2, -0.15) is 21.6 Å². The molecule has 2 N–H and O–H groups in total. The molecule has 0 unspecified atom stereocenters. The number of aromatic nitrogens is 1. The average molecular weight is 415 g/mol. The Kier molecular flexibility index (Phi) is 4.89. The minimum absolute atomic E-state index is 0.188. The lowest BCUT2D eigenvalue weighted by Gasteiger charge is -2.07. The first-order valence-electron chi connectivity index (χ1n) is 7.59. The Bertz CT molecular complexity index is 1100. The number of halogens is 3. The van der Waals surface area contributed by atoms with Crippen molar-refractivity contribution in [2.45, 2.75) is 18.2 Å². The summed E-state index contributed by atoms with van der Waals surface area (Å²) < 4.78 is 74.0. The molecular weight excluding hydrogens is 403 g/mol. The molecule has 12 heteroatoms. The van der Waals surface area contributed by atoms with Gasteiger partial charge in [0.25, 0.3) is 10.0 Å². The van der Waals surface area contributed by atoms with Crippen LogP contribution in [0.25, 0.3) is 11.5 Å². The quantitative estimate of drug-likeness (QED) is 0.657. The minimum Gasteiger partial charge on any atom is -0.441 e. The number of nitrogens with one attached hydrogen (secondary N) is 2. The van der Waals surface area contributed by atoms with Crippen LogP contribution in [0, 0.1) is 0 Å². The second kappa shape index (κ2) is 7.03. The summed E-state index contributed by atoms with van der Waals surface area (Å²) in [5.74, 6) is -1.82. The molecule has 2 aromatic heterocycles. The number of rotatable bonds is 5. The van der Waals surface area contributed by atoms with Gasteiger partial charge in [0.2, 0.25) is 16.8 Å². The molecule has 0 fully saturated rings. The van der Waals surface area contributed by atoms with Crippen LogP contribution in [-0.4, -0.2) is 19.5 Å². The molecule has 0 radical (unpaired) electrons. The van der Waals surface area contributed by atoms with Gasteiger partial charge in [-0.05, 0) is 36.4 Å². The van der Waals surface area contributed by atoms with Crippen LogP contribution in [0.1, 0.15) is 12.7 Å². The lowest BCUT2D eigenvalue weighted by Crippen LogP contribution is -2.12. The highest BCUT2D eigenvalue weighted by atomic mass is 32.2. The predicted octanol–water partition coefficient (Wildman–Crippen LogP) is 3.71. The molecule has 148 valence electrons. The summed E-state index contributed by atoms with van der Waals surface area (Å²) in [6.45, 7) is 1.33. The second-order valence-corrected chi connectivity index (χ2v) is 7.17. The highest BCUT2D eigenvalue weighted by molar-refractivity contribution is 7.92. The van der Waals surface area contributed by atoms with Crippen LogP contribution in [0.2, 0.25) is 0 Å². The third-order valence-corrected chi connectivity index (χ3v) is 4.60. The van der Waals surface area contributed by atoms with Crippen molar-refractivity contribution in [2.75, 3.05) is 10.0 Å². The van der Waals surface area contributed by atoms with E-state index in [0.29, 0.717) is 11.8 Å². The van der Waals surface area contributed by atoms with Crippen molar-refractivity contribution in [1.29, 1.82) is 0 Å². The number of carbonyl (C=O) groups is 1. The van der Waals surface area contributed by atoms with E-state index in [1.54, 1.807) is 0 Å². The lowest BCUT2D eigenvalue weighted by atomic mass is 10.3. The maximum Gasteiger partial charge on any atom is 0.452 e. The van der Waals surface area contributed by atoms with Gasteiger partial charge in [-0.15, -0.1) is 0 Å². The zero-order valence-corrected chi connectivity index (χ0v) is 14.9. The number of nitrogens with zero attached hydrogens (tertiary/aromatic N) is 1. The van der Waals surface area contributed by atoms with Crippen molar-refractivity contribution in [1.82, 2.24) is 5.16 Å². The summed E-state index contributed by atoms with van der Waals surface area (Å²) in [5.41, 5.74) is 0.364. The fourth-order valence-electron chi connectivity index (χ4n) is 2.16. The Morgan fingerprint density at radius 1 is 1.07 bits per heavy atom. The van der Waals surface area contributed by atoms with Gasteiger partial charge in [0.15, 0.2) is 5.76 Å². The SMILES string of the molecule is CC(=O)Nc1ccc(NS(=O)(=O)c2ccc(-c3cc(C(F)(F)F)on3)o2)cc1. The van der Waals surface area contributed by atoms with Crippen LogP contribution in [0.4, 0.5) is 24.5 Å². The van der Waals surface area contributed by atoms with Crippen molar-refractivity contribution < 1.29 is 35.3 Å². The van der Waals surface area contributed by atoms with E-state index in [0.717, 1.165) is 12.1 Å². The highest BCUT2D eigenvalue weighted by Gasteiger charge is 2.36. The fourth-order valence-corrected chi connectivity index (χ4v) is 3.15. The number of sulfonamides is 1. The number of alkyl halides is 3. The van der Waals surface area contributed by atoms with Gasteiger partial charge in [-0.25, -0.2) is 0 Å². The normalized spacial score (nSPS) is 12.0. The molecule has 0 aliphatic heterocycles. The minimum atomic E-state index is -4.72. The molecule has 0 bridgehead atoms. The fraction of sp³-hybridized carbons (Fsp3) is 0.125. The number of hydrogen-bond acceptors (Lipinski definition) is 6. The van der Waals surface area contributed by atoms with E-state index in [4.69, 9.17) is 4.42 Å². The van der Waals surface area contributed by atoms with E-state index in [-0.39, 0.29) is 23.0 Å². The Balaban J connectivity index is 1.78. The monoisotopic (exact) mass is 415 g/mol. The first-order valence-corrected chi connectivity index (χ1v) is 9.07. The summed E-state index contributed by atoms with van der Waals surface area (Å²) in [4.78, 5) is 11.0. The standard InChI is InChI=1S/C16H12F3N3O5S/c1-9(23)20-10-2-4-11(5-3-10)22-28(24,25)15-7-6-13(26-15)12-8-14(27-21-12)16(17,18)19/h2-8,22H,1H3,(H,20,23). The third-order valence-electron chi connectivity index (χ3n) is 3.35. The first kappa shape index (κ1) is 19.5. The van der Waals surface area contributed by atoms with E-state index in [9.17, 15) is 26.4 Å². The molecule has 2 heterocycles. The number of anilines is 2. The maximum atomic E-state index is 12.6. The van der Waals surface area contributed by atoms with Crippen molar-refractivity contribution in [2.24, 2.45) is 0 Å². The van der Waals surface area contributed by atoms with Crippen molar-refractivity contribution in [3.63, 3.8) is 0 Å². The number of furan rings is 1. The number of hydrogen-bond donors (Lipinski definition) is 2. The molecule has 0 aliphatic rings. The van der Waals surface area contributed by atoms with Crippen molar-refractivity contribution in [3.05, 3.63) is 48.2 Å². The zero-order valence-electron chi connectivity index (χ0n) is 14.1. The van der Waals surface area contributed by atoms with Crippen LogP contribution in [-0.2, 0) is 21.0 Å². The predicted molar refractivity (Wildman–Crippen MR) is 90.8 cm³/mol. The number of amides is 1. The van der Waals surface area contributed by atoms with Gasteiger partial charge in [-0.1, -0.05) is 5.16 Å². The smallest absolute Gasteiger partial charge is 0.441 e. The molecule has 28 heavy (non-hydrogen) atoms. The van der Waals surface area contributed by atoms with E-state index in [2.05, 4.69) is 19.7 Å². The summed E-state index contributed by atoms with van der Waals surface area (Å²) in [6, 6.07) is 8.64. The molecule has 0 atom stereocenters. The van der Waals surface area contributed by atoms with Gasteiger partial charge < -0.3 is 14.3 Å². The highest BCUT2D eigenvalue weighted by Crippen LogP contribution is 2.33. The summed E-state index contributed by atoms with van der Waals surface area (Å²) in [7, 11) is -4.14. The van der Waals surface area contributed by atoms with Crippen molar-refractivity contribution in [3.8, 4) is 11.5 Å².